The van der Waals surface area contributed by atoms with Gasteiger partial charge >= 0.3 is 6.03 Å². The van der Waals surface area contributed by atoms with Crippen LogP contribution in [-0.2, 0) is 0 Å². The Morgan fingerprint density at radius 2 is 1.78 bits per heavy atom. The van der Waals surface area contributed by atoms with Gasteiger partial charge in [0.2, 0.25) is 0 Å². The van der Waals surface area contributed by atoms with Gasteiger partial charge in [-0.05, 0) is 30.3 Å². The summed E-state index contributed by atoms with van der Waals surface area (Å²) >= 11 is 6.01. The minimum atomic E-state index is -0.432. The molecule has 1 aliphatic heterocycles. The first-order valence-electron chi connectivity index (χ1n) is 7.44. The maximum Gasteiger partial charge on any atom is 0.322 e. The van der Waals surface area contributed by atoms with Gasteiger partial charge in [-0.2, -0.15) is 0 Å². The predicted molar refractivity (Wildman–Crippen MR) is 90.7 cm³/mol. The van der Waals surface area contributed by atoms with Crippen molar-refractivity contribution in [2.24, 2.45) is 0 Å². The van der Waals surface area contributed by atoms with Crippen molar-refractivity contribution in [3.63, 3.8) is 0 Å². The zero-order valence-electron chi connectivity index (χ0n) is 12.5. The van der Waals surface area contributed by atoms with E-state index in [4.69, 9.17) is 11.6 Å². The van der Waals surface area contributed by atoms with E-state index in [1.165, 1.54) is 6.07 Å². The van der Waals surface area contributed by atoms with Crippen LogP contribution in [0.25, 0.3) is 0 Å². The first-order chi connectivity index (χ1) is 11.1. The first-order valence-corrected chi connectivity index (χ1v) is 7.82. The molecule has 2 aromatic rings. The normalized spacial score (nSPS) is 14.7. The van der Waals surface area contributed by atoms with Crippen LogP contribution in [0, 0.1) is 5.82 Å². The van der Waals surface area contributed by atoms with Crippen molar-refractivity contribution in [2.45, 2.75) is 0 Å². The van der Waals surface area contributed by atoms with E-state index in [2.05, 4.69) is 10.2 Å². The Balaban J connectivity index is 1.58. The monoisotopic (exact) mass is 333 g/mol. The third-order valence-electron chi connectivity index (χ3n) is 3.86. The molecular formula is C17H17ClFN3O. The third kappa shape index (κ3) is 3.74. The van der Waals surface area contributed by atoms with Crippen LogP contribution in [0.1, 0.15) is 0 Å². The van der Waals surface area contributed by atoms with Crippen LogP contribution >= 0.6 is 11.6 Å². The topological polar surface area (TPSA) is 35.6 Å². The molecule has 0 atom stereocenters. The molecule has 1 heterocycles. The summed E-state index contributed by atoms with van der Waals surface area (Å²) in [4.78, 5) is 16.1. The Bertz CT molecular complexity index is 702. The summed E-state index contributed by atoms with van der Waals surface area (Å²) in [7, 11) is 0. The maximum atomic E-state index is 13.6. The number of nitrogens with one attached hydrogen (secondary N) is 1. The minimum Gasteiger partial charge on any atom is -0.368 e. The van der Waals surface area contributed by atoms with Gasteiger partial charge in [0.05, 0.1) is 5.69 Å². The molecule has 2 amide bonds. The number of hydrogen-bond donors (Lipinski definition) is 1. The lowest BCUT2D eigenvalue weighted by molar-refractivity contribution is 0.208. The molecule has 1 N–H and O–H groups in total. The quantitative estimate of drug-likeness (QED) is 0.906. The lowest BCUT2D eigenvalue weighted by atomic mass is 10.2. The van der Waals surface area contributed by atoms with Gasteiger partial charge in [0, 0.05) is 36.9 Å². The van der Waals surface area contributed by atoms with Gasteiger partial charge < -0.3 is 15.1 Å². The molecule has 23 heavy (non-hydrogen) atoms. The van der Waals surface area contributed by atoms with Crippen molar-refractivity contribution in [1.29, 1.82) is 0 Å². The van der Waals surface area contributed by atoms with Gasteiger partial charge in [0.1, 0.15) is 5.82 Å². The zero-order chi connectivity index (χ0) is 16.2. The van der Waals surface area contributed by atoms with Crippen molar-refractivity contribution in [3.05, 3.63) is 59.4 Å². The van der Waals surface area contributed by atoms with Crippen LogP contribution in [0.15, 0.2) is 48.5 Å². The van der Waals surface area contributed by atoms with Crippen LogP contribution in [-0.4, -0.2) is 37.1 Å². The van der Waals surface area contributed by atoms with Crippen molar-refractivity contribution in [3.8, 4) is 0 Å². The number of amides is 2. The second-order valence-corrected chi connectivity index (χ2v) is 5.80. The summed E-state index contributed by atoms with van der Waals surface area (Å²) < 4.78 is 13.6. The molecule has 1 aliphatic rings. The molecule has 0 radical (unpaired) electrons. The number of carbonyl (C=O) groups is 1. The molecule has 2 aromatic carbocycles. The second kappa shape index (κ2) is 6.87. The lowest BCUT2D eigenvalue weighted by Crippen LogP contribution is -2.50. The smallest absolute Gasteiger partial charge is 0.322 e. The number of benzene rings is 2. The summed E-state index contributed by atoms with van der Waals surface area (Å²) in [5.41, 5.74) is 1.25. The summed E-state index contributed by atoms with van der Waals surface area (Å²) in [5.74, 6) is -0.432. The van der Waals surface area contributed by atoms with Crippen LogP contribution in [0.2, 0.25) is 5.02 Å². The SMILES string of the molecule is O=C(Nc1ccccc1F)N1CCN(c2cccc(Cl)c2)CC1. The Hall–Kier alpha value is -2.27. The number of nitrogens with zero attached hydrogens (tertiary/aromatic N) is 2. The Morgan fingerprint density at radius 3 is 2.48 bits per heavy atom. The number of hydrogen-bond acceptors (Lipinski definition) is 2. The molecule has 120 valence electrons. The molecule has 0 saturated carbocycles. The predicted octanol–water partition coefficient (Wildman–Crippen LogP) is 3.83. The Kier molecular flexibility index (Phi) is 4.67. The van der Waals surface area contributed by atoms with Gasteiger partial charge in [0.25, 0.3) is 0 Å². The largest absolute Gasteiger partial charge is 0.368 e. The molecule has 3 rings (SSSR count). The maximum absolute atomic E-state index is 13.6. The number of para-hydroxylation sites is 1. The molecule has 4 nitrogen and oxygen atoms in total. The van der Waals surface area contributed by atoms with E-state index in [1.54, 1.807) is 23.1 Å². The fraction of sp³-hybridized carbons (Fsp3) is 0.235. The van der Waals surface area contributed by atoms with E-state index < -0.39 is 5.82 Å². The lowest BCUT2D eigenvalue weighted by Gasteiger charge is -2.36. The van der Waals surface area contributed by atoms with Crippen molar-refractivity contribution in [2.75, 3.05) is 36.4 Å². The van der Waals surface area contributed by atoms with E-state index in [1.807, 2.05) is 24.3 Å². The average molecular weight is 334 g/mol. The molecule has 0 bridgehead atoms. The average Bonchev–Trinajstić information content (AvgIpc) is 2.57. The molecule has 0 unspecified atom stereocenters. The Labute approximate surface area is 139 Å². The van der Waals surface area contributed by atoms with Gasteiger partial charge in [-0.1, -0.05) is 29.8 Å². The zero-order valence-corrected chi connectivity index (χ0v) is 13.3. The third-order valence-corrected chi connectivity index (χ3v) is 4.09. The highest BCUT2D eigenvalue weighted by atomic mass is 35.5. The molecule has 0 aromatic heterocycles. The highest BCUT2D eigenvalue weighted by Gasteiger charge is 2.22. The van der Waals surface area contributed by atoms with Gasteiger partial charge in [-0.3, -0.25) is 0 Å². The van der Waals surface area contributed by atoms with Crippen LogP contribution in [0.3, 0.4) is 0 Å². The number of piperazine rings is 1. The fourth-order valence-electron chi connectivity index (χ4n) is 2.60. The van der Waals surface area contributed by atoms with E-state index in [0.29, 0.717) is 31.2 Å². The highest BCUT2D eigenvalue weighted by Crippen LogP contribution is 2.21. The second-order valence-electron chi connectivity index (χ2n) is 5.36. The minimum absolute atomic E-state index is 0.203. The van der Waals surface area contributed by atoms with Crippen molar-refractivity contribution in [1.82, 2.24) is 4.90 Å². The number of anilines is 2. The van der Waals surface area contributed by atoms with Crippen LogP contribution in [0.5, 0.6) is 0 Å². The standard InChI is InChI=1S/C17H17ClFN3O/c18-13-4-3-5-14(12-13)21-8-10-22(11-9-21)17(23)20-16-7-2-1-6-15(16)19/h1-7,12H,8-11H2,(H,20,23). The van der Waals surface area contributed by atoms with Gasteiger partial charge in [0.15, 0.2) is 0 Å². The number of carbonyl (C=O) groups excluding carboxylic acids is 1. The molecule has 0 spiro atoms. The Morgan fingerprint density at radius 1 is 1.04 bits per heavy atom. The number of halogens is 2. The van der Waals surface area contributed by atoms with Crippen LogP contribution in [0.4, 0.5) is 20.6 Å². The fourth-order valence-corrected chi connectivity index (χ4v) is 2.78. The van der Waals surface area contributed by atoms with Crippen molar-refractivity contribution < 1.29 is 9.18 Å². The summed E-state index contributed by atoms with van der Waals surface area (Å²) in [5, 5.41) is 3.31. The summed E-state index contributed by atoms with van der Waals surface area (Å²) in [6.07, 6.45) is 0. The van der Waals surface area contributed by atoms with E-state index in [0.717, 1.165) is 5.69 Å². The van der Waals surface area contributed by atoms with Crippen molar-refractivity contribution >= 4 is 29.0 Å². The van der Waals surface area contributed by atoms with Crippen LogP contribution < -0.4 is 10.2 Å². The molecular weight excluding hydrogens is 317 g/mol. The highest BCUT2D eigenvalue weighted by molar-refractivity contribution is 6.30. The van der Waals surface area contributed by atoms with E-state index in [-0.39, 0.29) is 11.7 Å². The molecule has 1 fully saturated rings. The first kappa shape index (κ1) is 15.6. The number of urea groups is 1. The van der Waals surface area contributed by atoms with E-state index in [9.17, 15) is 9.18 Å². The number of rotatable bonds is 2. The summed E-state index contributed by atoms with van der Waals surface area (Å²) in [6.45, 7) is 2.58. The molecule has 1 saturated heterocycles. The molecule has 6 heteroatoms. The summed E-state index contributed by atoms with van der Waals surface area (Å²) in [6, 6.07) is 13.5. The van der Waals surface area contributed by atoms with Gasteiger partial charge in [-0.25, -0.2) is 9.18 Å². The molecule has 0 aliphatic carbocycles. The van der Waals surface area contributed by atoms with Gasteiger partial charge in [-0.15, -0.1) is 0 Å². The van der Waals surface area contributed by atoms with E-state index >= 15 is 0 Å².